The third kappa shape index (κ3) is 4.15. The van der Waals surface area contributed by atoms with E-state index in [4.69, 9.17) is 4.42 Å². The third-order valence-electron chi connectivity index (χ3n) is 8.06. The van der Waals surface area contributed by atoms with Crippen LogP contribution in [0.5, 0.6) is 0 Å². The second-order valence-corrected chi connectivity index (χ2v) is 12.8. The molecular formula is C34H21FN4O4S2. The second kappa shape index (κ2) is 10.5. The molecule has 0 N–H and O–H groups in total. The van der Waals surface area contributed by atoms with Crippen LogP contribution in [0, 0.1) is 5.82 Å². The first kappa shape index (κ1) is 27.4. The quantitative estimate of drug-likeness (QED) is 0.152. The molecule has 0 bridgehead atoms. The van der Waals surface area contributed by atoms with E-state index in [1.807, 2.05) is 60.7 Å². The Morgan fingerprint density at radius 3 is 2.33 bits per heavy atom. The lowest BCUT2D eigenvalue weighted by Crippen LogP contribution is -2.53. The number of benzene rings is 4. The highest BCUT2D eigenvalue weighted by atomic mass is 32.2. The molecule has 4 heterocycles. The highest BCUT2D eigenvalue weighted by molar-refractivity contribution is 8.00. The number of fused-ring (bicyclic) bond motifs is 5. The summed E-state index contributed by atoms with van der Waals surface area (Å²) in [6, 6.07) is 29.9. The molecule has 8 nitrogen and oxygen atoms in total. The predicted octanol–water partition coefficient (Wildman–Crippen LogP) is 6.53. The summed E-state index contributed by atoms with van der Waals surface area (Å²) in [5.74, 6) is -1.51. The molecule has 0 aliphatic carbocycles. The maximum absolute atomic E-state index is 15.0. The minimum atomic E-state index is -1.94. The molecule has 4 aromatic carbocycles. The lowest BCUT2D eigenvalue weighted by atomic mass is 9.84. The minimum Gasteiger partial charge on any atom is -0.450 e. The van der Waals surface area contributed by atoms with Crippen molar-refractivity contribution >= 4 is 56.7 Å². The number of para-hydroxylation sites is 1. The van der Waals surface area contributed by atoms with Crippen LogP contribution in [-0.2, 0) is 22.6 Å². The van der Waals surface area contributed by atoms with Gasteiger partial charge in [-0.15, -0.1) is 10.2 Å². The summed E-state index contributed by atoms with van der Waals surface area (Å²) < 4.78 is 21.0. The summed E-state index contributed by atoms with van der Waals surface area (Å²) in [6.07, 6.45) is 0. The lowest BCUT2D eigenvalue weighted by molar-refractivity contribution is -0.121. The molecule has 45 heavy (non-hydrogen) atoms. The van der Waals surface area contributed by atoms with Crippen molar-refractivity contribution in [1.29, 1.82) is 0 Å². The molecule has 6 aromatic rings. The molecule has 2 amide bonds. The number of halogens is 1. The number of carbonyl (C=O) groups excluding carboxylic acids is 2. The van der Waals surface area contributed by atoms with Gasteiger partial charge in [0.1, 0.15) is 11.4 Å². The number of amides is 2. The first-order chi connectivity index (χ1) is 22.0. The molecular weight excluding hydrogens is 612 g/mol. The standard InChI is InChI=1S/C34H21FN4O4S2/c35-22-15-16-26-23(17-22)28(40)27-29(43-26)30(41)39(32-36-37-33(45-32)44-19-21-11-5-2-6-12-21)34(27)24-13-7-8-14-25(24)38(31(34)42)18-20-9-3-1-4-10-20/h1-17H,18-19H2. The molecule has 0 saturated heterocycles. The Bertz CT molecular complexity index is 2210. The zero-order valence-electron chi connectivity index (χ0n) is 23.3. The maximum atomic E-state index is 15.0. The molecule has 0 saturated carbocycles. The van der Waals surface area contributed by atoms with Crippen LogP contribution in [0.4, 0.5) is 15.2 Å². The molecule has 2 aromatic heterocycles. The lowest BCUT2D eigenvalue weighted by Gasteiger charge is -2.32. The van der Waals surface area contributed by atoms with Gasteiger partial charge in [-0.25, -0.2) is 4.39 Å². The van der Waals surface area contributed by atoms with Crippen molar-refractivity contribution in [3.05, 3.63) is 147 Å². The van der Waals surface area contributed by atoms with E-state index in [1.54, 1.807) is 29.2 Å². The minimum absolute atomic E-state index is 0.0433. The van der Waals surface area contributed by atoms with E-state index >= 15 is 0 Å². The first-order valence-corrected chi connectivity index (χ1v) is 15.8. The third-order valence-corrected chi connectivity index (χ3v) is 10.2. The Morgan fingerprint density at radius 1 is 0.844 bits per heavy atom. The van der Waals surface area contributed by atoms with Gasteiger partial charge in [0.15, 0.2) is 15.3 Å². The number of rotatable bonds is 6. The summed E-state index contributed by atoms with van der Waals surface area (Å²) in [4.78, 5) is 46.5. The van der Waals surface area contributed by atoms with Gasteiger partial charge in [-0.05, 0) is 35.4 Å². The Hall–Kier alpha value is -5.13. The van der Waals surface area contributed by atoms with Crippen LogP contribution in [0.15, 0.2) is 117 Å². The van der Waals surface area contributed by atoms with E-state index in [2.05, 4.69) is 10.2 Å². The average Bonchev–Trinajstić information content (AvgIpc) is 3.70. The highest BCUT2D eigenvalue weighted by Gasteiger charge is 2.66. The summed E-state index contributed by atoms with van der Waals surface area (Å²) in [5.41, 5.74) is 0.194. The Labute approximate surface area is 263 Å². The van der Waals surface area contributed by atoms with Crippen molar-refractivity contribution in [3.8, 4) is 0 Å². The zero-order chi connectivity index (χ0) is 30.7. The van der Waals surface area contributed by atoms with Crippen LogP contribution >= 0.6 is 23.1 Å². The second-order valence-electron chi connectivity index (χ2n) is 10.6. The summed E-state index contributed by atoms with van der Waals surface area (Å²) in [7, 11) is 0. The molecule has 2 aliphatic heterocycles. The number of carbonyl (C=O) groups is 2. The Balaban J connectivity index is 1.34. The van der Waals surface area contributed by atoms with Gasteiger partial charge in [-0.2, -0.15) is 0 Å². The van der Waals surface area contributed by atoms with Gasteiger partial charge in [0, 0.05) is 11.3 Å². The number of aromatic nitrogens is 2. The summed E-state index contributed by atoms with van der Waals surface area (Å²) >= 11 is 2.60. The number of hydrogen-bond donors (Lipinski definition) is 0. The van der Waals surface area contributed by atoms with Crippen molar-refractivity contribution in [2.24, 2.45) is 0 Å². The molecule has 0 fully saturated rings. The first-order valence-electron chi connectivity index (χ1n) is 14.0. The van der Waals surface area contributed by atoms with Gasteiger partial charge in [0.05, 0.1) is 23.2 Å². The van der Waals surface area contributed by atoms with Crippen LogP contribution in [0.25, 0.3) is 11.0 Å². The average molecular weight is 633 g/mol. The van der Waals surface area contributed by atoms with Crippen molar-refractivity contribution in [1.82, 2.24) is 10.2 Å². The van der Waals surface area contributed by atoms with Crippen LogP contribution in [0.3, 0.4) is 0 Å². The van der Waals surface area contributed by atoms with Gasteiger partial charge in [0.25, 0.3) is 11.8 Å². The number of anilines is 2. The molecule has 11 heteroatoms. The van der Waals surface area contributed by atoms with Gasteiger partial charge in [0.2, 0.25) is 10.9 Å². The predicted molar refractivity (Wildman–Crippen MR) is 170 cm³/mol. The molecule has 8 rings (SSSR count). The van der Waals surface area contributed by atoms with Crippen LogP contribution in [-0.4, -0.2) is 22.0 Å². The van der Waals surface area contributed by atoms with Crippen molar-refractivity contribution < 1.29 is 18.4 Å². The van der Waals surface area contributed by atoms with Gasteiger partial charge in [-0.3, -0.25) is 19.3 Å². The fraction of sp³-hybridized carbons (Fsp3) is 0.0882. The van der Waals surface area contributed by atoms with Crippen LogP contribution < -0.4 is 15.2 Å². The van der Waals surface area contributed by atoms with Gasteiger partial charge in [-0.1, -0.05) is 102 Å². The number of thioether (sulfide) groups is 1. The Morgan fingerprint density at radius 2 is 1.56 bits per heavy atom. The van der Waals surface area contributed by atoms with Crippen molar-refractivity contribution in [3.63, 3.8) is 0 Å². The largest absolute Gasteiger partial charge is 0.450 e. The summed E-state index contributed by atoms with van der Waals surface area (Å²) in [6.45, 7) is 0.192. The maximum Gasteiger partial charge on any atom is 0.297 e. The van der Waals surface area contributed by atoms with E-state index in [-0.39, 0.29) is 34.0 Å². The van der Waals surface area contributed by atoms with Crippen LogP contribution in [0.1, 0.15) is 32.8 Å². The van der Waals surface area contributed by atoms with Crippen molar-refractivity contribution in [2.45, 2.75) is 22.2 Å². The molecule has 2 aliphatic rings. The number of hydrogen-bond acceptors (Lipinski definition) is 8. The highest BCUT2D eigenvalue weighted by Crippen LogP contribution is 2.55. The smallest absolute Gasteiger partial charge is 0.297 e. The van der Waals surface area contributed by atoms with E-state index in [0.717, 1.165) is 34.6 Å². The fourth-order valence-corrected chi connectivity index (χ4v) is 7.98. The normalized spacial score (nSPS) is 17.0. The SMILES string of the molecule is O=C1c2oc3ccc(F)cc3c(=O)c2C2(C(=O)N(Cc3ccccc3)c3ccccc32)N1c1nnc(SCc2ccccc2)s1. The van der Waals surface area contributed by atoms with E-state index in [1.165, 1.54) is 22.7 Å². The number of nitrogens with zero attached hydrogens (tertiary/aromatic N) is 4. The molecule has 1 spiro atoms. The van der Waals surface area contributed by atoms with E-state index < -0.39 is 28.6 Å². The Kier molecular flexibility index (Phi) is 6.40. The fourth-order valence-electron chi connectivity index (χ4n) is 6.13. The van der Waals surface area contributed by atoms with Crippen molar-refractivity contribution in [2.75, 3.05) is 9.80 Å². The monoisotopic (exact) mass is 632 g/mol. The van der Waals surface area contributed by atoms with E-state index in [0.29, 0.717) is 21.3 Å². The van der Waals surface area contributed by atoms with E-state index in [9.17, 15) is 18.8 Å². The zero-order valence-corrected chi connectivity index (χ0v) is 25.0. The topological polar surface area (TPSA) is 96.6 Å². The van der Waals surface area contributed by atoms with Crippen LogP contribution in [0.2, 0.25) is 0 Å². The van der Waals surface area contributed by atoms with Gasteiger partial charge >= 0.3 is 0 Å². The molecule has 1 unspecified atom stereocenters. The van der Waals surface area contributed by atoms with Gasteiger partial charge < -0.3 is 9.32 Å². The molecule has 220 valence electrons. The molecule has 1 atom stereocenters. The summed E-state index contributed by atoms with van der Waals surface area (Å²) in [5, 5.41) is 8.79. The molecule has 0 radical (unpaired) electrons.